The number of rotatable bonds is 6. The van der Waals surface area contributed by atoms with Gasteiger partial charge in [0.25, 0.3) is 0 Å². The average molecular weight is 263 g/mol. The number of nitrogens with zero attached hydrogens (tertiary/aromatic N) is 2. The quantitative estimate of drug-likeness (QED) is 0.825. The van der Waals surface area contributed by atoms with Crippen LogP contribution in [-0.2, 0) is 6.42 Å². The maximum Gasteiger partial charge on any atom is 0.122 e. The molecule has 0 atom stereocenters. The molecular weight excluding hydrogens is 238 g/mol. The molecule has 2 N–H and O–H groups in total. The molecule has 1 heterocycles. The van der Waals surface area contributed by atoms with Crippen molar-refractivity contribution in [3.05, 3.63) is 29.8 Å². The van der Waals surface area contributed by atoms with Crippen molar-refractivity contribution in [1.82, 2.24) is 9.80 Å². The van der Waals surface area contributed by atoms with Crippen molar-refractivity contribution in [2.75, 3.05) is 52.9 Å². The van der Waals surface area contributed by atoms with Crippen LogP contribution in [0.4, 0.5) is 0 Å². The molecule has 1 aromatic carbocycles. The Bertz CT molecular complexity index is 375. The lowest BCUT2D eigenvalue weighted by atomic mass is 10.1. The van der Waals surface area contributed by atoms with E-state index in [-0.39, 0.29) is 0 Å². The number of piperazine rings is 1. The fraction of sp³-hybridized carbons (Fsp3) is 0.600. The molecule has 0 saturated carbocycles. The van der Waals surface area contributed by atoms with Gasteiger partial charge in [0.2, 0.25) is 0 Å². The van der Waals surface area contributed by atoms with E-state index in [9.17, 15) is 0 Å². The molecular formula is C15H25N3O. The van der Waals surface area contributed by atoms with Crippen molar-refractivity contribution in [2.45, 2.75) is 6.42 Å². The molecule has 1 aliphatic rings. The number of nitrogens with two attached hydrogens (primary N) is 1. The van der Waals surface area contributed by atoms with Gasteiger partial charge in [-0.2, -0.15) is 0 Å². The maximum atomic E-state index is 5.59. The normalized spacial score (nSPS) is 17.6. The highest BCUT2D eigenvalue weighted by Gasteiger charge is 2.16. The van der Waals surface area contributed by atoms with Gasteiger partial charge in [-0.1, -0.05) is 18.2 Å². The molecule has 1 aliphatic heterocycles. The summed E-state index contributed by atoms with van der Waals surface area (Å²) in [5, 5.41) is 0. The summed E-state index contributed by atoms with van der Waals surface area (Å²) in [6.07, 6.45) is 1.06. The van der Waals surface area contributed by atoms with E-state index in [0.29, 0.717) is 0 Å². The summed E-state index contributed by atoms with van der Waals surface area (Å²) < 4.78 is 5.39. The highest BCUT2D eigenvalue weighted by molar-refractivity contribution is 5.33. The Morgan fingerprint density at radius 2 is 1.68 bits per heavy atom. The van der Waals surface area contributed by atoms with Crippen LogP contribution in [0.25, 0.3) is 0 Å². The Labute approximate surface area is 116 Å². The summed E-state index contributed by atoms with van der Waals surface area (Å²) in [4.78, 5) is 4.97. The first-order valence-corrected chi connectivity index (χ1v) is 7.10. The van der Waals surface area contributed by atoms with Crippen molar-refractivity contribution in [3.63, 3.8) is 0 Å². The highest BCUT2D eigenvalue weighted by Crippen LogP contribution is 2.18. The van der Waals surface area contributed by atoms with Gasteiger partial charge in [-0.05, 0) is 18.1 Å². The summed E-state index contributed by atoms with van der Waals surface area (Å²) >= 11 is 0. The second kappa shape index (κ2) is 7.48. The van der Waals surface area contributed by atoms with Crippen molar-refractivity contribution in [3.8, 4) is 5.75 Å². The molecule has 0 amide bonds. The third kappa shape index (κ3) is 4.20. The zero-order valence-electron chi connectivity index (χ0n) is 11.8. The molecule has 1 fully saturated rings. The standard InChI is InChI=1S/C15H25N3O/c1-19-15-5-3-2-4-14(15)6-8-17-10-12-18(9-7-16)13-11-17/h2-5H,6-13,16H2,1H3. The minimum Gasteiger partial charge on any atom is -0.496 e. The van der Waals surface area contributed by atoms with Crippen molar-refractivity contribution >= 4 is 0 Å². The van der Waals surface area contributed by atoms with E-state index in [1.54, 1.807) is 7.11 Å². The van der Waals surface area contributed by atoms with Crippen LogP contribution >= 0.6 is 0 Å². The summed E-state index contributed by atoms with van der Waals surface area (Å²) in [5.74, 6) is 1.00. The first-order valence-electron chi connectivity index (χ1n) is 7.10. The first-order chi connectivity index (χ1) is 9.33. The summed E-state index contributed by atoms with van der Waals surface area (Å²) in [6, 6.07) is 8.29. The predicted molar refractivity (Wildman–Crippen MR) is 78.6 cm³/mol. The molecule has 1 saturated heterocycles. The smallest absolute Gasteiger partial charge is 0.122 e. The molecule has 2 rings (SSSR count). The molecule has 0 spiro atoms. The average Bonchev–Trinajstić information content (AvgIpc) is 2.47. The lowest BCUT2D eigenvalue weighted by molar-refractivity contribution is 0.136. The number of methoxy groups -OCH3 is 1. The third-order valence-electron chi connectivity index (χ3n) is 3.80. The number of hydrogen-bond acceptors (Lipinski definition) is 4. The number of hydrogen-bond donors (Lipinski definition) is 1. The van der Waals surface area contributed by atoms with Gasteiger partial charge in [-0.3, -0.25) is 4.90 Å². The van der Waals surface area contributed by atoms with E-state index < -0.39 is 0 Å². The summed E-state index contributed by atoms with van der Waals surface area (Å²) in [6.45, 7) is 7.48. The Morgan fingerprint density at radius 3 is 2.32 bits per heavy atom. The molecule has 1 aromatic rings. The Balaban J connectivity index is 1.77. The second-order valence-electron chi connectivity index (χ2n) is 5.03. The van der Waals surface area contributed by atoms with Gasteiger partial charge in [0.1, 0.15) is 5.75 Å². The largest absolute Gasteiger partial charge is 0.496 e. The Kier molecular flexibility index (Phi) is 5.63. The number of benzene rings is 1. The van der Waals surface area contributed by atoms with Crippen LogP contribution in [0.2, 0.25) is 0 Å². The van der Waals surface area contributed by atoms with E-state index in [1.165, 1.54) is 5.56 Å². The molecule has 106 valence electrons. The van der Waals surface area contributed by atoms with Crippen molar-refractivity contribution in [2.24, 2.45) is 5.73 Å². The van der Waals surface area contributed by atoms with Crippen LogP contribution in [0, 0.1) is 0 Å². The van der Waals surface area contributed by atoms with E-state index in [1.807, 2.05) is 12.1 Å². The van der Waals surface area contributed by atoms with Gasteiger partial charge in [-0.15, -0.1) is 0 Å². The lowest BCUT2D eigenvalue weighted by Crippen LogP contribution is -2.48. The van der Waals surface area contributed by atoms with Crippen LogP contribution < -0.4 is 10.5 Å². The van der Waals surface area contributed by atoms with E-state index in [4.69, 9.17) is 10.5 Å². The van der Waals surface area contributed by atoms with Crippen LogP contribution in [0.1, 0.15) is 5.56 Å². The summed E-state index contributed by atoms with van der Waals surface area (Å²) in [7, 11) is 1.74. The molecule has 0 radical (unpaired) electrons. The lowest BCUT2D eigenvalue weighted by Gasteiger charge is -2.34. The van der Waals surface area contributed by atoms with Gasteiger partial charge < -0.3 is 15.4 Å². The molecule has 0 aliphatic carbocycles. The highest BCUT2D eigenvalue weighted by atomic mass is 16.5. The topological polar surface area (TPSA) is 41.7 Å². The van der Waals surface area contributed by atoms with Crippen LogP contribution in [0.15, 0.2) is 24.3 Å². The number of ether oxygens (including phenoxy) is 1. The van der Waals surface area contributed by atoms with Crippen LogP contribution in [-0.4, -0.2) is 62.7 Å². The zero-order valence-corrected chi connectivity index (χ0v) is 11.8. The molecule has 4 heteroatoms. The monoisotopic (exact) mass is 263 g/mol. The molecule has 4 nitrogen and oxygen atoms in total. The van der Waals surface area contributed by atoms with E-state index in [2.05, 4.69) is 21.9 Å². The minimum absolute atomic E-state index is 0.765. The zero-order chi connectivity index (χ0) is 13.5. The van der Waals surface area contributed by atoms with Gasteiger partial charge in [0.05, 0.1) is 7.11 Å². The van der Waals surface area contributed by atoms with E-state index >= 15 is 0 Å². The van der Waals surface area contributed by atoms with Crippen molar-refractivity contribution in [1.29, 1.82) is 0 Å². The predicted octanol–water partition coefficient (Wildman–Crippen LogP) is 0.814. The fourth-order valence-corrected chi connectivity index (χ4v) is 2.61. The molecule has 0 aromatic heterocycles. The Morgan fingerprint density at radius 1 is 1.05 bits per heavy atom. The van der Waals surface area contributed by atoms with Gasteiger partial charge in [0, 0.05) is 45.8 Å². The van der Waals surface area contributed by atoms with Gasteiger partial charge in [0.15, 0.2) is 0 Å². The summed E-state index contributed by atoms with van der Waals surface area (Å²) in [5.41, 5.74) is 6.89. The molecule has 0 bridgehead atoms. The number of para-hydroxylation sites is 1. The van der Waals surface area contributed by atoms with Gasteiger partial charge in [-0.25, -0.2) is 0 Å². The SMILES string of the molecule is COc1ccccc1CCN1CCN(CCN)CC1. The van der Waals surface area contributed by atoms with Gasteiger partial charge >= 0.3 is 0 Å². The third-order valence-corrected chi connectivity index (χ3v) is 3.80. The minimum atomic E-state index is 0.765. The fourth-order valence-electron chi connectivity index (χ4n) is 2.61. The van der Waals surface area contributed by atoms with Crippen LogP contribution in [0.3, 0.4) is 0 Å². The van der Waals surface area contributed by atoms with E-state index in [0.717, 1.165) is 58.0 Å². The molecule has 0 unspecified atom stereocenters. The van der Waals surface area contributed by atoms with Crippen molar-refractivity contribution < 1.29 is 4.74 Å². The Hall–Kier alpha value is -1.10. The first kappa shape index (κ1) is 14.3. The molecule has 19 heavy (non-hydrogen) atoms. The maximum absolute atomic E-state index is 5.59. The van der Waals surface area contributed by atoms with Crippen LogP contribution in [0.5, 0.6) is 5.75 Å². The second-order valence-corrected chi connectivity index (χ2v) is 5.03.